The molecule has 0 aliphatic carbocycles. The fourth-order valence-electron chi connectivity index (χ4n) is 2.58. The van der Waals surface area contributed by atoms with E-state index in [0.717, 1.165) is 16.8 Å². The van der Waals surface area contributed by atoms with Crippen LogP contribution in [0.1, 0.15) is 21.7 Å². The molecule has 6 nitrogen and oxygen atoms in total. The normalized spacial score (nSPS) is 10.8. The molecule has 0 spiro atoms. The van der Waals surface area contributed by atoms with Gasteiger partial charge in [0.25, 0.3) is 5.91 Å². The number of rotatable bonds is 6. The molecule has 0 aliphatic rings. The van der Waals surface area contributed by atoms with E-state index >= 15 is 0 Å². The number of nitrogens with zero attached hydrogens (tertiary/aromatic N) is 3. The number of methoxy groups -OCH3 is 1. The Kier molecular flexibility index (Phi) is 5.88. The van der Waals surface area contributed by atoms with Gasteiger partial charge in [-0.05, 0) is 61.4 Å². The Morgan fingerprint density at radius 2 is 1.89 bits per heavy atom. The van der Waals surface area contributed by atoms with Crippen LogP contribution >= 0.6 is 11.6 Å². The Bertz CT molecular complexity index is 951. The lowest BCUT2D eigenvalue weighted by Crippen LogP contribution is -2.28. The molecule has 27 heavy (non-hydrogen) atoms. The van der Waals surface area contributed by atoms with Gasteiger partial charge in [0.05, 0.1) is 12.3 Å². The monoisotopic (exact) mass is 384 g/mol. The largest absolute Gasteiger partial charge is 0.383 e. The van der Waals surface area contributed by atoms with Crippen LogP contribution in [0.4, 0.5) is 0 Å². The fourth-order valence-corrected chi connectivity index (χ4v) is 2.70. The predicted molar refractivity (Wildman–Crippen MR) is 105 cm³/mol. The second-order valence-electron chi connectivity index (χ2n) is 6.19. The van der Waals surface area contributed by atoms with Crippen LogP contribution in [0.2, 0.25) is 5.02 Å². The molecule has 3 rings (SSSR count). The number of ether oxygens (including phenoxy) is 1. The van der Waals surface area contributed by atoms with Crippen molar-refractivity contribution in [3.8, 4) is 17.1 Å². The molecule has 1 amide bonds. The number of benzene rings is 2. The maximum absolute atomic E-state index is 12.4. The van der Waals surface area contributed by atoms with E-state index in [1.165, 1.54) is 5.56 Å². The molecule has 0 atom stereocenters. The fraction of sp³-hybridized carbons (Fsp3) is 0.250. The zero-order valence-electron chi connectivity index (χ0n) is 15.5. The lowest BCUT2D eigenvalue weighted by Gasteiger charge is -2.08. The molecule has 1 heterocycles. The van der Waals surface area contributed by atoms with Crippen LogP contribution in [0.25, 0.3) is 17.1 Å². The summed E-state index contributed by atoms with van der Waals surface area (Å²) >= 11 is 6.00. The van der Waals surface area contributed by atoms with Crippen molar-refractivity contribution in [2.45, 2.75) is 13.8 Å². The van der Waals surface area contributed by atoms with Crippen LogP contribution < -0.4 is 5.32 Å². The van der Waals surface area contributed by atoms with Crippen molar-refractivity contribution in [1.29, 1.82) is 0 Å². The Labute approximate surface area is 163 Å². The highest BCUT2D eigenvalue weighted by molar-refractivity contribution is 6.30. The topological polar surface area (TPSA) is 69.0 Å². The molecule has 0 saturated heterocycles. The maximum atomic E-state index is 12.4. The number of amides is 1. The molecule has 7 heteroatoms. The minimum absolute atomic E-state index is 0.106. The standard InChI is InChI=1S/C20H21ClN4O2/c1-13-4-9-17(12-14(13)2)25-19(15-5-7-16(21)8-6-15)23-18(24-25)20(26)22-10-11-27-3/h4-9,12H,10-11H2,1-3H3,(H,22,26). The Morgan fingerprint density at radius 3 is 2.56 bits per heavy atom. The van der Waals surface area contributed by atoms with Crippen molar-refractivity contribution >= 4 is 17.5 Å². The Morgan fingerprint density at radius 1 is 1.15 bits per heavy atom. The van der Waals surface area contributed by atoms with Crippen LogP contribution in [0, 0.1) is 13.8 Å². The first-order valence-corrected chi connectivity index (χ1v) is 8.95. The number of aryl methyl sites for hydroxylation is 2. The predicted octanol–water partition coefficient (Wildman–Crippen LogP) is 3.58. The zero-order chi connectivity index (χ0) is 19.4. The summed E-state index contributed by atoms with van der Waals surface area (Å²) in [6, 6.07) is 13.3. The third-order valence-electron chi connectivity index (χ3n) is 4.24. The number of nitrogens with one attached hydrogen (secondary N) is 1. The van der Waals surface area contributed by atoms with Gasteiger partial charge in [0.1, 0.15) is 0 Å². The van der Waals surface area contributed by atoms with Gasteiger partial charge < -0.3 is 10.1 Å². The quantitative estimate of drug-likeness (QED) is 0.659. The zero-order valence-corrected chi connectivity index (χ0v) is 16.2. The maximum Gasteiger partial charge on any atom is 0.291 e. The highest BCUT2D eigenvalue weighted by Crippen LogP contribution is 2.24. The summed E-state index contributed by atoms with van der Waals surface area (Å²) in [4.78, 5) is 16.9. The van der Waals surface area contributed by atoms with Gasteiger partial charge in [0.15, 0.2) is 5.82 Å². The van der Waals surface area contributed by atoms with E-state index in [4.69, 9.17) is 16.3 Å². The number of aromatic nitrogens is 3. The summed E-state index contributed by atoms with van der Waals surface area (Å²) in [5.74, 6) is 0.339. The van der Waals surface area contributed by atoms with Gasteiger partial charge in [0.2, 0.25) is 5.82 Å². The molecular formula is C20H21ClN4O2. The lowest BCUT2D eigenvalue weighted by molar-refractivity contribution is 0.0927. The van der Waals surface area contributed by atoms with Gasteiger partial charge in [-0.2, -0.15) is 0 Å². The van der Waals surface area contributed by atoms with E-state index in [1.807, 2.05) is 37.3 Å². The molecule has 3 aromatic rings. The Hall–Kier alpha value is -2.70. The van der Waals surface area contributed by atoms with E-state index in [1.54, 1.807) is 23.9 Å². The summed E-state index contributed by atoms with van der Waals surface area (Å²) < 4.78 is 6.64. The minimum atomic E-state index is -0.343. The van der Waals surface area contributed by atoms with E-state index in [-0.39, 0.29) is 11.7 Å². The van der Waals surface area contributed by atoms with Crippen LogP contribution in [-0.4, -0.2) is 40.9 Å². The van der Waals surface area contributed by atoms with Gasteiger partial charge >= 0.3 is 0 Å². The summed E-state index contributed by atoms with van der Waals surface area (Å²) in [5, 5.41) is 7.83. The van der Waals surface area contributed by atoms with Crippen molar-refractivity contribution in [2.75, 3.05) is 20.3 Å². The number of carbonyl (C=O) groups is 1. The average molecular weight is 385 g/mol. The summed E-state index contributed by atoms with van der Waals surface area (Å²) in [7, 11) is 1.58. The average Bonchev–Trinajstić information content (AvgIpc) is 3.10. The molecule has 0 radical (unpaired) electrons. The van der Waals surface area contributed by atoms with Crippen LogP contribution in [0.15, 0.2) is 42.5 Å². The molecule has 0 bridgehead atoms. The van der Waals surface area contributed by atoms with Gasteiger partial charge in [-0.1, -0.05) is 17.7 Å². The first-order valence-electron chi connectivity index (χ1n) is 8.57. The number of hydrogen-bond acceptors (Lipinski definition) is 4. The molecule has 0 aliphatic heterocycles. The van der Waals surface area contributed by atoms with Crippen molar-refractivity contribution < 1.29 is 9.53 Å². The number of hydrogen-bond donors (Lipinski definition) is 1. The molecule has 2 aromatic carbocycles. The highest BCUT2D eigenvalue weighted by atomic mass is 35.5. The van der Waals surface area contributed by atoms with E-state index in [0.29, 0.717) is 24.0 Å². The van der Waals surface area contributed by atoms with E-state index < -0.39 is 0 Å². The first-order chi connectivity index (χ1) is 13.0. The third-order valence-corrected chi connectivity index (χ3v) is 4.49. The van der Waals surface area contributed by atoms with E-state index in [2.05, 4.69) is 22.3 Å². The lowest BCUT2D eigenvalue weighted by atomic mass is 10.1. The SMILES string of the molecule is COCCNC(=O)c1nc(-c2ccc(Cl)cc2)n(-c2ccc(C)c(C)c2)n1. The minimum Gasteiger partial charge on any atom is -0.383 e. The Balaban J connectivity index is 2.04. The molecule has 140 valence electrons. The summed E-state index contributed by atoms with van der Waals surface area (Å²) in [5.41, 5.74) is 3.98. The van der Waals surface area contributed by atoms with Crippen LogP contribution in [-0.2, 0) is 4.74 Å². The molecule has 1 N–H and O–H groups in total. The molecule has 0 fully saturated rings. The van der Waals surface area contributed by atoms with E-state index in [9.17, 15) is 4.79 Å². The highest BCUT2D eigenvalue weighted by Gasteiger charge is 2.18. The smallest absolute Gasteiger partial charge is 0.291 e. The van der Waals surface area contributed by atoms with Crippen molar-refractivity contribution in [3.63, 3.8) is 0 Å². The molecule has 0 unspecified atom stereocenters. The summed E-state index contributed by atoms with van der Waals surface area (Å²) in [6.07, 6.45) is 0. The van der Waals surface area contributed by atoms with Gasteiger partial charge in [-0.15, -0.1) is 5.10 Å². The number of halogens is 1. The second-order valence-corrected chi connectivity index (χ2v) is 6.63. The van der Waals surface area contributed by atoms with Gasteiger partial charge in [-0.3, -0.25) is 4.79 Å². The van der Waals surface area contributed by atoms with Crippen LogP contribution in [0.3, 0.4) is 0 Å². The third kappa shape index (κ3) is 4.35. The molecule has 0 saturated carbocycles. The van der Waals surface area contributed by atoms with Crippen molar-refractivity contribution in [1.82, 2.24) is 20.1 Å². The van der Waals surface area contributed by atoms with Gasteiger partial charge in [0, 0.05) is 24.2 Å². The second kappa shape index (κ2) is 8.33. The van der Waals surface area contributed by atoms with Crippen molar-refractivity contribution in [3.05, 3.63) is 64.4 Å². The number of carbonyl (C=O) groups excluding carboxylic acids is 1. The molecular weight excluding hydrogens is 364 g/mol. The first kappa shape index (κ1) is 19.1. The summed E-state index contributed by atoms with van der Waals surface area (Å²) in [6.45, 7) is 4.91. The van der Waals surface area contributed by atoms with Gasteiger partial charge in [-0.25, -0.2) is 9.67 Å². The molecule has 1 aromatic heterocycles. The van der Waals surface area contributed by atoms with Crippen LogP contribution in [0.5, 0.6) is 0 Å². The van der Waals surface area contributed by atoms with Crippen molar-refractivity contribution in [2.24, 2.45) is 0 Å².